The Morgan fingerprint density at radius 2 is 2.00 bits per heavy atom. The van der Waals surface area contributed by atoms with Crippen LogP contribution in [0.15, 0.2) is 52.9 Å². The SMILES string of the molecule is COc1cccc2cc(/C=C3\C(=O)Nc4ccccc43)oc12. The lowest BCUT2D eigenvalue weighted by Crippen LogP contribution is -2.03. The van der Waals surface area contributed by atoms with Crippen LogP contribution in [0.2, 0.25) is 0 Å². The van der Waals surface area contributed by atoms with Crippen molar-refractivity contribution in [2.45, 2.75) is 0 Å². The van der Waals surface area contributed by atoms with Crippen molar-refractivity contribution >= 4 is 34.2 Å². The molecule has 0 bridgehead atoms. The van der Waals surface area contributed by atoms with Crippen molar-refractivity contribution in [3.63, 3.8) is 0 Å². The fraction of sp³-hybridized carbons (Fsp3) is 0.0556. The topological polar surface area (TPSA) is 51.5 Å². The van der Waals surface area contributed by atoms with Crippen LogP contribution in [0.5, 0.6) is 5.75 Å². The van der Waals surface area contributed by atoms with Gasteiger partial charge >= 0.3 is 0 Å². The molecule has 0 unspecified atom stereocenters. The van der Waals surface area contributed by atoms with Gasteiger partial charge < -0.3 is 14.5 Å². The molecule has 0 saturated heterocycles. The predicted molar refractivity (Wildman–Crippen MR) is 85.7 cm³/mol. The number of hydrogen-bond donors (Lipinski definition) is 1. The molecule has 2 aromatic carbocycles. The van der Waals surface area contributed by atoms with Gasteiger partial charge in [0, 0.05) is 16.6 Å². The monoisotopic (exact) mass is 291 g/mol. The summed E-state index contributed by atoms with van der Waals surface area (Å²) in [5.74, 6) is 1.19. The summed E-state index contributed by atoms with van der Waals surface area (Å²) in [5.41, 5.74) is 3.00. The van der Waals surface area contributed by atoms with E-state index in [1.165, 1.54) is 0 Å². The summed E-state index contributed by atoms with van der Waals surface area (Å²) in [6.07, 6.45) is 1.76. The number of nitrogens with one attached hydrogen (secondary N) is 1. The van der Waals surface area contributed by atoms with Crippen LogP contribution in [-0.4, -0.2) is 13.0 Å². The Morgan fingerprint density at radius 3 is 2.86 bits per heavy atom. The van der Waals surface area contributed by atoms with Crippen LogP contribution in [0.4, 0.5) is 5.69 Å². The van der Waals surface area contributed by atoms with E-state index in [4.69, 9.17) is 9.15 Å². The van der Waals surface area contributed by atoms with Crippen molar-refractivity contribution in [1.82, 2.24) is 0 Å². The van der Waals surface area contributed by atoms with E-state index in [1.54, 1.807) is 13.2 Å². The highest BCUT2D eigenvalue weighted by Gasteiger charge is 2.23. The van der Waals surface area contributed by atoms with Gasteiger partial charge in [0.05, 0.1) is 12.7 Å². The smallest absolute Gasteiger partial charge is 0.256 e. The Hall–Kier alpha value is -3.01. The molecule has 1 aromatic heterocycles. The lowest BCUT2D eigenvalue weighted by atomic mass is 10.1. The normalized spacial score (nSPS) is 15.1. The summed E-state index contributed by atoms with van der Waals surface area (Å²) in [4.78, 5) is 12.1. The molecule has 1 aliphatic heterocycles. The molecule has 0 spiro atoms. The zero-order chi connectivity index (χ0) is 15.1. The van der Waals surface area contributed by atoms with Crippen LogP contribution in [0.25, 0.3) is 22.6 Å². The maximum atomic E-state index is 12.1. The van der Waals surface area contributed by atoms with E-state index in [2.05, 4.69) is 5.32 Å². The van der Waals surface area contributed by atoms with E-state index in [0.717, 1.165) is 16.6 Å². The van der Waals surface area contributed by atoms with E-state index < -0.39 is 0 Å². The number of benzene rings is 2. The Balaban J connectivity index is 1.85. The van der Waals surface area contributed by atoms with E-state index in [1.807, 2.05) is 48.5 Å². The number of para-hydroxylation sites is 2. The van der Waals surface area contributed by atoms with Gasteiger partial charge in [-0.05, 0) is 24.3 Å². The van der Waals surface area contributed by atoms with Crippen molar-refractivity contribution in [1.29, 1.82) is 0 Å². The molecule has 0 radical (unpaired) electrons. The molecule has 2 heterocycles. The van der Waals surface area contributed by atoms with E-state index >= 15 is 0 Å². The second-order valence-electron chi connectivity index (χ2n) is 5.09. The molecule has 1 aliphatic rings. The molecule has 22 heavy (non-hydrogen) atoms. The van der Waals surface area contributed by atoms with Gasteiger partial charge in [0.25, 0.3) is 5.91 Å². The summed E-state index contributed by atoms with van der Waals surface area (Å²) < 4.78 is 11.1. The highest BCUT2D eigenvalue weighted by atomic mass is 16.5. The fourth-order valence-corrected chi connectivity index (χ4v) is 2.71. The van der Waals surface area contributed by atoms with E-state index in [-0.39, 0.29) is 5.91 Å². The van der Waals surface area contributed by atoms with Gasteiger partial charge in [-0.2, -0.15) is 0 Å². The van der Waals surface area contributed by atoms with Gasteiger partial charge in [0.2, 0.25) is 0 Å². The number of amides is 1. The molecule has 4 rings (SSSR count). The van der Waals surface area contributed by atoms with Crippen LogP contribution >= 0.6 is 0 Å². The third kappa shape index (κ3) is 1.89. The third-order valence-electron chi connectivity index (χ3n) is 3.74. The number of hydrogen-bond acceptors (Lipinski definition) is 3. The fourth-order valence-electron chi connectivity index (χ4n) is 2.71. The molecule has 0 atom stereocenters. The average molecular weight is 291 g/mol. The third-order valence-corrected chi connectivity index (χ3v) is 3.74. The van der Waals surface area contributed by atoms with Gasteiger partial charge in [-0.3, -0.25) is 4.79 Å². The van der Waals surface area contributed by atoms with Crippen LogP contribution < -0.4 is 10.1 Å². The lowest BCUT2D eigenvalue weighted by molar-refractivity contribution is -0.110. The summed E-state index contributed by atoms with van der Waals surface area (Å²) in [6, 6.07) is 15.2. The number of ether oxygens (including phenoxy) is 1. The largest absolute Gasteiger partial charge is 0.493 e. The maximum absolute atomic E-state index is 12.1. The Labute approximate surface area is 127 Å². The molecular weight excluding hydrogens is 278 g/mol. The van der Waals surface area contributed by atoms with E-state index in [0.29, 0.717) is 22.7 Å². The van der Waals surface area contributed by atoms with Crippen LogP contribution in [0.1, 0.15) is 11.3 Å². The number of furan rings is 1. The van der Waals surface area contributed by atoms with Crippen LogP contribution in [-0.2, 0) is 4.79 Å². The standard InChI is InChI=1S/C18H13NO3/c1-21-16-8-4-5-11-9-12(22-17(11)16)10-14-13-6-2-3-7-15(13)19-18(14)20/h2-10H,1H3,(H,19,20)/b14-10-. The summed E-state index contributed by atoms with van der Waals surface area (Å²) >= 11 is 0. The molecule has 0 saturated carbocycles. The Morgan fingerprint density at radius 1 is 1.14 bits per heavy atom. The van der Waals surface area contributed by atoms with Gasteiger partial charge in [0.1, 0.15) is 5.76 Å². The molecule has 1 amide bonds. The molecule has 4 heteroatoms. The first kappa shape index (κ1) is 12.7. The second kappa shape index (κ2) is 4.77. The number of rotatable bonds is 2. The zero-order valence-electron chi connectivity index (χ0n) is 11.9. The minimum Gasteiger partial charge on any atom is -0.493 e. The highest BCUT2D eigenvalue weighted by Crippen LogP contribution is 2.35. The lowest BCUT2D eigenvalue weighted by Gasteiger charge is -1.98. The summed E-state index contributed by atoms with van der Waals surface area (Å²) in [7, 11) is 1.61. The second-order valence-corrected chi connectivity index (χ2v) is 5.09. The molecular formula is C18H13NO3. The van der Waals surface area contributed by atoms with Crippen molar-refractivity contribution in [2.24, 2.45) is 0 Å². The summed E-state index contributed by atoms with van der Waals surface area (Å²) in [5, 5.41) is 3.79. The first-order valence-corrected chi connectivity index (χ1v) is 6.95. The van der Waals surface area contributed by atoms with Gasteiger partial charge in [-0.25, -0.2) is 0 Å². The predicted octanol–water partition coefficient (Wildman–Crippen LogP) is 3.93. The Kier molecular flexibility index (Phi) is 2.76. The molecule has 1 N–H and O–H groups in total. The summed E-state index contributed by atoms with van der Waals surface area (Å²) in [6.45, 7) is 0. The average Bonchev–Trinajstić information content (AvgIpc) is 3.08. The van der Waals surface area contributed by atoms with Gasteiger partial charge in [0.15, 0.2) is 11.3 Å². The minimum atomic E-state index is -0.117. The Bertz CT molecular complexity index is 921. The van der Waals surface area contributed by atoms with Gasteiger partial charge in [-0.15, -0.1) is 0 Å². The molecule has 4 nitrogen and oxygen atoms in total. The van der Waals surface area contributed by atoms with Crippen molar-refractivity contribution < 1.29 is 13.9 Å². The first-order chi connectivity index (χ1) is 10.8. The molecule has 0 fully saturated rings. The number of carbonyl (C=O) groups excluding carboxylic acids is 1. The number of carbonyl (C=O) groups is 1. The van der Waals surface area contributed by atoms with Crippen molar-refractivity contribution in [2.75, 3.05) is 12.4 Å². The number of fused-ring (bicyclic) bond motifs is 2. The number of methoxy groups -OCH3 is 1. The van der Waals surface area contributed by atoms with E-state index in [9.17, 15) is 4.79 Å². The molecule has 3 aromatic rings. The van der Waals surface area contributed by atoms with Gasteiger partial charge in [-0.1, -0.05) is 30.3 Å². The van der Waals surface area contributed by atoms with Crippen LogP contribution in [0, 0.1) is 0 Å². The number of anilines is 1. The quantitative estimate of drug-likeness (QED) is 0.728. The van der Waals surface area contributed by atoms with Crippen molar-refractivity contribution in [3.05, 3.63) is 59.9 Å². The molecule has 108 valence electrons. The zero-order valence-corrected chi connectivity index (χ0v) is 11.9. The highest BCUT2D eigenvalue weighted by molar-refractivity contribution is 6.34. The minimum absolute atomic E-state index is 0.117. The first-order valence-electron chi connectivity index (χ1n) is 6.95. The maximum Gasteiger partial charge on any atom is 0.256 e. The van der Waals surface area contributed by atoms with Crippen molar-refractivity contribution in [3.8, 4) is 5.75 Å². The van der Waals surface area contributed by atoms with Crippen LogP contribution in [0.3, 0.4) is 0 Å². The molecule has 0 aliphatic carbocycles.